The predicted octanol–water partition coefficient (Wildman–Crippen LogP) is 3.61. The van der Waals surface area contributed by atoms with E-state index in [1.165, 1.54) is 6.42 Å². The Morgan fingerprint density at radius 3 is 2.25 bits per heavy atom. The van der Waals surface area contributed by atoms with E-state index >= 15 is 0 Å². The second-order valence-electron chi connectivity index (χ2n) is 9.27. The molecule has 2 rings (SSSR count). The number of rotatable bonds is 2. The van der Waals surface area contributed by atoms with E-state index in [9.17, 15) is 9.35 Å². The summed E-state index contributed by atoms with van der Waals surface area (Å²) in [5, 5.41) is 0. The zero-order valence-electron chi connectivity index (χ0n) is 16.1. The van der Waals surface area contributed by atoms with Crippen LogP contribution in [0.1, 0.15) is 73.6 Å². The van der Waals surface area contributed by atoms with Gasteiger partial charge in [-0.05, 0) is 72.6 Å². The Kier molecular flexibility index (Phi) is 5.83. The largest absolute Gasteiger partial charge is 0.598 e. The number of nitrogens with one attached hydrogen (secondary N) is 1. The van der Waals surface area contributed by atoms with Crippen molar-refractivity contribution in [2.45, 2.75) is 90.0 Å². The Morgan fingerprint density at radius 1 is 1.17 bits per heavy atom. The minimum atomic E-state index is -1.04. The summed E-state index contributed by atoms with van der Waals surface area (Å²) in [5.41, 5.74) is -0.271. The summed E-state index contributed by atoms with van der Waals surface area (Å²) >= 11 is -1.04. The fourth-order valence-corrected chi connectivity index (χ4v) is 4.67. The summed E-state index contributed by atoms with van der Waals surface area (Å²) in [6, 6.07) is 0.290. The van der Waals surface area contributed by atoms with Crippen LogP contribution in [0.3, 0.4) is 0 Å². The Morgan fingerprint density at radius 2 is 1.75 bits per heavy atom. The van der Waals surface area contributed by atoms with Gasteiger partial charge in [-0.1, -0.05) is 6.42 Å². The fraction of sp³-hybridized carbons (Fsp3) is 0.944. The molecule has 5 nitrogen and oxygen atoms in total. The molecule has 0 aromatic rings. The van der Waals surface area contributed by atoms with Crippen LogP contribution in [0.25, 0.3) is 0 Å². The van der Waals surface area contributed by atoms with Crippen LogP contribution in [0.2, 0.25) is 0 Å². The first-order chi connectivity index (χ1) is 10.9. The molecule has 0 aromatic heterocycles. The maximum Gasteiger partial charge on any atom is 0.410 e. The standard InChI is InChI=1S/C18H34N2O3S/c1-16(2,3)23-15(21)20-12-10-18(11-13-20)9-7-8-14(18)19-24(22)17(4,5)6/h14,19H,7-13H2,1-6H3/t14-,24?/m1/s1. The summed E-state index contributed by atoms with van der Waals surface area (Å²) in [4.78, 5) is 14.1. The lowest BCUT2D eigenvalue weighted by Crippen LogP contribution is -2.54. The van der Waals surface area contributed by atoms with Crippen molar-refractivity contribution < 1.29 is 14.1 Å². The van der Waals surface area contributed by atoms with Gasteiger partial charge in [0.15, 0.2) is 0 Å². The van der Waals surface area contributed by atoms with Gasteiger partial charge in [0, 0.05) is 24.5 Å². The molecule has 0 aromatic carbocycles. The molecule has 2 atom stereocenters. The van der Waals surface area contributed by atoms with Crippen molar-refractivity contribution in [3.63, 3.8) is 0 Å². The minimum Gasteiger partial charge on any atom is -0.598 e. The van der Waals surface area contributed by atoms with Crippen molar-refractivity contribution in [3.8, 4) is 0 Å². The maximum absolute atomic E-state index is 12.5. The van der Waals surface area contributed by atoms with E-state index in [1.807, 2.05) is 46.4 Å². The Bertz CT molecular complexity index is 448. The third-order valence-electron chi connectivity index (χ3n) is 5.12. The van der Waals surface area contributed by atoms with Gasteiger partial charge in [-0.15, -0.1) is 4.72 Å². The SMILES string of the molecule is CC(C)(C)OC(=O)N1CCC2(CCC[C@H]2N[S+]([O-])C(C)(C)C)CC1. The van der Waals surface area contributed by atoms with Crippen LogP contribution >= 0.6 is 0 Å². The molecule has 2 fully saturated rings. The molecule has 1 aliphatic heterocycles. The quantitative estimate of drug-likeness (QED) is 0.766. The summed E-state index contributed by atoms with van der Waals surface area (Å²) in [6.07, 6.45) is 5.13. The molecule has 6 heteroatoms. The fourth-order valence-electron chi connectivity index (χ4n) is 3.69. The molecule has 1 unspecified atom stereocenters. The van der Waals surface area contributed by atoms with E-state index in [4.69, 9.17) is 4.74 Å². The second-order valence-corrected chi connectivity index (χ2v) is 11.3. The van der Waals surface area contributed by atoms with Crippen molar-refractivity contribution >= 4 is 17.5 Å². The van der Waals surface area contributed by atoms with E-state index < -0.39 is 17.0 Å². The smallest absolute Gasteiger partial charge is 0.410 e. The number of likely N-dealkylation sites (tertiary alicyclic amines) is 1. The number of hydrogen-bond acceptors (Lipinski definition) is 4. The van der Waals surface area contributed by atoms with Gasteiger partial charge < -0.3 is 14.2 Å². The number of carbonyl (C=O) groups is 1. The van der Waals surface area contributed by atoms with Gasteiger partial charge in [-0.2, -0.15) is 0 Å². The molecule has 0 bridgehead atoms. The van der Waals surface area contributed by atoms with Crippen molar-refractivity contribution in [2.24, 2.45) is 5.41 Å². The average molecular weight is 359 g/mol. The van der Waals surface area contributed by atoms with Gasteiger partial charge >= 0.3 is 6.09 Å². The minimum absolute atomic E-state index is 0.180. The normalized spacial score (nSPS) is 25.8. The first kappa shape index (κ1) is 19.9. The number of ether oxygens (including phenoxy) is 1. The first-order valence-electron chi connectivity index (χ1n) is 9.09. The molecule has 1 heterocycles. The monoisotopic (exact) mass is 358 g/mol. The molecule has 0 radical (unpaired) electrons. The van der Waals surface area contributed by atoms with Crippen LogP contribution in [-0.2, 0) is 16.1 Å². The molecule has 1 N–H and O–H groups in total. The van der Waals surface area contributed by atoms with E-state index in [1.54, 1.807) is 0 Å². The van der Waals surface area contributed by atoms with Crippen molar-refractivity contribution in [1.82, 2.24) is 9.62 Å². The van der Waals surface area contributed by atoms with Crippen LogP contribution in [0.15, 0.2) is 0 Å². The highest BCUT2D eigenvalue weighted by molar-refractivity contribution is 7.90. The number of hydrogen-bond donors (Lipinski definition) is 1. The lowest BCUT2D eigenvalue weighted by Gasteiger charge is -2.43. The van der Waals surface area contributed by atoms with Gasteiger partial charge in [0.2, 0.25) is 0 Å². The topological polar surface area (TPSA) is 64.6 Å². The van der Waals surface area contributed by atoms with Gasteiger partial charge in [0.1, 0.15) is 10.3 Å². The summed E-state index contributed by atoms with van der Waals surface area (Å²) < 4.78 is 21.1. The van der Waals surface area contributed by atoms with Gasteiger partial charge in [-0.3, -0.25) is 0 Å². The van der Waals surface area contributed by atoms with Crippen LogP contribution < -0.4 is 4.72 Å². The number of amides is 1. The summed E-state index contributed by atoms with van der Waals surface area (Å²) in [5.74, 6) is 0. The number of nitrogens with zero attached hydrogens (tertiary/aromatic N) is 1. The summed E-state index contributed by atoms with van der Waals surface area (Å²) in [7, 11) is 0. The molecular formula is C18H34N2O3S. The van der Waals surface area contributed by atoms with Gasteiger partial charge in [-0.25, -0.2) is 4.79 Å². The Hall–Kier alpha value is -0.460. The van der Waals surface area contributed by atoms with Gasteiger partial charge in [0.25, 0.3) is 0 Å². The van der Waals surface area contributed by atoms with Crippen LogP contribution in [-0.4, -0.2) is 45.0 Å². The molecule has 1 amide bonds. The van der Waals surface area contributed by atoms with Crippen LogP contribution in [0.5, 0.6) is 0 Å². The highest BCUT2D eigenvalue weighted by Gasteiger charge is 2.48. The number of piperidine rings is 1. The molecule has 1 saturated carbocycles. The van der Waals surface area contributed by atoms with E-state index in [-0.39, 0.29) is 16.3 Å². The highest BCUT2D eigenvalue weighted by Crippen LogP contribution is 2.47. The molecule has 1 saturated heterocycles. The molecule has 2 aliphatic rings. The molecule has 140 valence electrons. The lowest BCUT2D eigenvalue weighted by atomic mass is 9.74. The van der Waals surface area contributed by atoms with Crippen molar-refractivity contribution in [1.29, 1.82) is 0 Å². The number of carbonyl (C=O) groups excluding carboxylic acids is 1. The van der Waals surface area contributed by atoms with E-state index in [2.05, 4.69) is 4.72 Å². The van der Waals surface area contributed by atoms with E-state index in [0.29, 0.717) is 6.04 Å². The summed E-state index contributed by atoms with van der Waals surface area (Å²) in [6.45, 7) is 13.2. The van der Waals surface area contributed by atoms with E-state index in [0.717, 1.165) is 38.8 Å². The lowest BCUT2D eigenvalue weighted by molar-refractivity contribution is 0.00818. The molecule has 24 heavy (non-hydrogen) atoms. The van der Waals surface area contributed by atoms with Gasteiger partial charge in [0.05, 0.1) is 6.04 Å². The van der Waals surface area contributed by atoms with Crippen molar-refractivity contribution in [2.75, 3.05) is 13.1 Å². The zero-order valence-corrected chi connectivity index (χ0v) is 16.9. The van der Waals surface area contributed by atoms with Crippen molar-refractivity contribution in [3.05, 3.63) is 0 Å². The average Bonchev–Trinajstić information content (AvgIpc) is 2.79. The third kappa shape index (κ3) is 4.79. The molecular weight excluding hydrogens is 324 g/mol. The van der Waals surface area contributed by atoms with Crippen LogP contribution in [0.4, 0.5) is 4.79 Å². The Balaban J connectivity index is 1.94. The molecule has 1 aliphatic carbocycles. The second kappa shape index (κ2) is 7.04. The third-order valence-corrected chi connectivity index (χ3v) is 6.73. The predicted molar refractivity (Wildman–Crippen MR) is 98.1 cm³/mol. The molecule has 1 spiro atoms. The van der Waals surface area contributed by atoms with Crippen LogP contribution in [0, 0.1) is 5.41 Å². The highest BCUT2D eigenvalue weighted by atomic mass is 32.2. The first-order valence-corrected chi connectivity index (χ1v) is 10.2. The zero-order chi connectivity index (χ0) is 18.2. The Labute approximate surface area is 150 Å². The maximum atomic E-state index is 12.5.